The van der Waals surface area contributed by atoms with Crippen LogP contribution in [0.25, 0.3) is 0 Å². The molecule has 1 aliphatic heterocycles. The molecule has 1 N–H and O–H groups in total. The van der Waals surface area contributed by atoms with Crippen molar-refractivity contribution in [3.63, 3.8) is 0 Å². The molecule has 1 aromatic carbocycles. The van der Waals surface area contributed by atoms with E-state index in [2.05, 4.69) is 11.4 Å². The van der Waals surface area contributed by atoms with E-state index in [1.54, 1.807) is 14.2 Å². The molecule has 3 atom stereocenters. The highest BCUT2D eigenvalue weighted by molar-refractivity contribution is 5.43. The summed E-state index contributed by atoms with van der Waals surface area (Å²) in [5, 5.41) is 3.70. The Labute approximate surface area is 126 Å². The molecule has 3 unspecified atom stereocenters. The number of rotatable bonds is 3. The maximum atomic E-state index is 6.17. The van der Waals surface area contributed by atoms with E-state index in [1.165, 1.54) is 25.7 Å². The van der Waals surface area contributed by atoms with Crippen molar-refractivity contribution in [2.24, 2.45) is 5.92 Å². The Morgan fingerprint density at radius 2 is 1.90 bits per heavy atom. The zero-order valence-corrected chi connectivity index (χ0v) is 12.9. The monoisotopic (exact) mass is 291 g/mol. The lowest BCUT2D eigenvalue weighted by Gasteiger charge is -2.29. The van der Waals surface area contributed by atoms with Crippen molar-refractivity contribution in [2.45, 2.75) is 37.8 Å². The van der Waals surface area contributed by atoms with E-state index in [9.17, 15) is 0 Å². The molecule has 1 heterocycles. The van der Waals surface area contributed by atoms with Gasteiger partial charge in [-0.05, 0) is 36.5 Å². The molecule has 0 bridgehead atoms. The SMILES string of the molecule is COc1ccc(C2CNC3CCCCC3CO2)cc1OC. The van der Waals surface area contributed by atoms with Gasteiger partial charge < -0.3 is 19.5 Å². The third kappa shape index (κ3) is 3.16. The van der Waals surface area contributed by atoms with Crippen LogP contribution in [0.15, 0.2) is 18.2 Å². The summed E-state index contributed by atoms with van der Waals surface area (Å²) >= 11 is 0. The van der Waals surface area contributed by atoms with E-state index < -0.39 is 0 Å². The quantitative estimate of drug-likeness (QED) is 0.929. The van der Waals surface area contributed by atoms with Crippen LogP contribution in [0, 0.1) is 5.92 Å². The summed E-state index contributed by atoms with van der Waals surface area (Å²) in [4.78, 5) is 0. The van der Waals surface area contributed by atoms with E-state index in [4.69, 9.17) is 14.2 Å². The van der Waals surface area contributed by atoms with Crippen molar-refractivity contribution in [3.05, 3.63) is 23.8 Å². The fraction of sp³-hybridized carbons (Fsp3) is 0.647. The van der Waals surface area contributed by atoms with Crippen LogP contribution in [0.3, 0.4) is 0 Å². The Kier molecular flexibility index (Phi) is 4.66. The molecule has 1 saturated heterocycles. The van der Waals surface area contributed by atoms with Gasteiger partial charge in [0.05, 0.1) is 26.9 Å². The summed E-state index contributed by atoms with van der Waals surface area (Å²) in [6, 6.07) is 6.68. The summed E-state index contributed by atoms with van der Waals surface area (Å²) < 4.78 is 16.9. The predicted molar refractivity (Wildman–Crippen MR) is 82.0 cm³/mol. The molecule has 3 rings (SSSR count). The fourth-order valence-electron chi connectivity index (χ4n) is 3.50. The van der Waals surface area contributed by atoms with E-state index in [0.717, 1.165) is 30.2 Å². The van der Waals surface area contributed by atoms with Crippen LogP contribution in [0.5, 0.6) is 11.5 Å². The van der Waals surface area contributed by atoms with Crippen molar-refractivity contribution in [3.8, 4) is 11.5 Å². The first kappa shape index (κ1) is 14.7. The van der Waals surface area contributed by atoms with Crippen LogP contribution in [0.1, 0.15) is 37.4 Å². The van der Waals surface area contributed by atoms with Gasteiger partial charge in [0, 0.05) is 12.6 Å². The average molecular weight is 291 g/mol. The van der Waals surface area contributed by atoms with Gasteiger partial charge in [-0.1, -0.05) is 18.9 Å². The van der Waals surface area contributed by atoms with Gasteiger partial charge in [-0.15, -0.1) is 0 Å². The Morgan fingerprint density at radius 3 is 2.71 bits per heavy atom. The standard InChI is InChI=1S/C17H25NO3/c1-19-15-8-7-12(9-16(15)20-2)17-10-18-14-6-4-3-5-13(14)11-21-17/h7-9,13-14,17-18H,3-6,10-11H2,1-2H3. The Hall–Kier alpha value is -1.26. The lowest BCUT2D eigenvalue weighted by Crippen LogP contribution is -2.38. The predicted octanol–water partition coefficient (Wildman–Crippen LogP) is 2.92. The molecule has 2 fully saturated rings. The van der Waals surface area contributed by atoms with Gasteiger partial charge in [0.1, 0.15) is 0 Å². The van der Waals surface area contributed by atoms with Gasteiger partial charge in [-0.3, -0.25) is 0 Å². The smallest absolute Gasteiger partial charge is 0.161 e. The van der Waals surface area contributed by atoms with Crippen LogP contribution >= 0.6 is 0 Å². The third-order valence-corrected chi connectivity index (χ3v) is 4.77. The lowest BCUT2D eigenvalue weighted by molar-refractivity contribution is 0.0400. The zero-order valence-electron chi connectivity index (χ0n) is 12.9. The van der Waals surface area contributed by atoms with Gasteiger partial charge in [0.25, 0.3) is 0 Å². The number of benzene rings is 1. The summed E-state index contributed by atoms with van der Waals surface area (Å²) in [6.07, 6.45) is 5.35. The minimum absolute atomic E-state index is 0.0930. The van der Waals surface area contributed by atoms with Gasteiger partial charge in [0.2, 0.25) is 0 Å². The normalized spacial score (nSPS) is 29.3. The average Bonchev–Trinajstić information content (AvgIpc) is 2.77. The highest BCUT2D eigenvalue weighted by Gasteiger charge is 2.30. The van der Waals surface area contributed by atoms with E-state index >= 15 is 0 Å². The summed E-state index contributed by atoms with van der Waals surface area (Å²) in [7, 11) is 3.33. The molecule has 0 aromatic heterocycles. The first-order chi connectivity index (χ1) is 10.3. The van der Waals surface area contributed by atoms with Crippen molar-refractivity contribution >= 4 is 0 Å². The van der Waals surface area contributed by atoms with Crippen molar-refractivity contribution in [1.82, 2.24) is 5.32 Å². The highest BCUT2D eigenvalue weighted by atomic mass is 16.5. The molecule has 0 spiro atoms. The molecule has 1 saturated carbocycles. The Bertz CT molecular complexity index is 461. The summed E-state index contributed by atoms with van der Waals surface area (Å²) in [5.41, 5.74) is 1.15. The van der Waals surface area contributed by atoms with Gasteiger partial charge in [0.15, 0.2) is 11.5 Å². The first-order valence-electron chi connectivity index (χ1n) is 7.88. The van der Waals surface area contributed by atoms with Crippen molar-refractivity contribution in [2.75, 3.05) is 27.4 Å². The molecule has 21 heavy (non-hydrogen) atoms. The molecule has 1 aliphatic carbocycles. The third-order valence-electron chi connectivity index (χ3n) is 4.77. The fourth-order valence-corrected chi connectivity index (χ4v) is 3.50. The molecular formula is C17H25NO3. The molecule has 0 amide bonds. The van der Waals surface area contributed by atoms with E-state index in [-0.39, 0.29) is 6.10 Å². The van der Waals surface area contributed by atoms with Gasteiger partial charge in [-0.25, -0.2) is 0 Å². The van der Waals surface area contributed by atoms with Crippen molar-refractivity contribution in [1.29, 1.82) is 0 Å². The Balaban J connectivity index is 1.74. The topological polar surface area (TPSA) is 39.7 Å². The van der Waals surface area contributed by atoms with Crippen LogP contribution in [0.2, 0.25) is 0 Å². The Morgan fingerprint density at radius 1 is 1.10 bits per heavy atom. The number of hydrogen-bond acceptors (Lipinski definition) is 4. The number of hydrogen-bond donors (Lipinski definition) is 1. The second-order valence-corrected chi connectivity index (χ2v) is 6.00. The summed E-state index contributed by atoms with van der Waals surface area (Å²) in [6.45, 7) is 1.73. The molecule has 4 nitrogen and oxygen atoms in total. The number of ether oxygens (including phenoxy) is 3. The minimum atomic E-state index is 0.0930. The molecule has 0 radical (unpaired) electrons. The minimum Gasteiger partial charge on any atom is -0.493 e. The first-order valence-corrected chi connectivity index (χ1v) is 7.88. The van der Waals surface area contributed by atoms with Gasteiger partial charge >= 0.3 is 0 Å². The van der Waals surface area contributed by atoms with Crippen LogP contribution in [-0.4, -0.2) is 33.4 Å². The molecule has 4 heteroatoms. The largest absolute Gasteiger partial charge is 0.493 e. The maximum Gasteiger partial charge on any atom is 0.161 e. The molecule has 116 valence electrons. The second kappa shape index (κ2) is 6.67. The van der Waals surface area contributed by atoms with Crippen LogP contribution in [-0.2, 0) is 4.74 Å². The summed E-state index contributed by atoms with van der Waals surface area (Å²) in [5.74, 6) is 2.20. The molecule has 1 aromatic rings. The molecule has 2 aliphatic rings. The maximum absolute atomic E-state index is 6.17. The van der Waals surface area contributed by atoms with Crippen molar-refractivity contribution < 1.29 is 14.2 Å². The van der Waals surface area contributed by atoms with Gasteiger partial charge in [-0.2, -0.15) is 0 Å². The number of nitrogens with one attached hydrogen (secondary N) is 1. The number of fused-ring (bicyclic) bond motifs is 1. The highest BCUT2D eigenvalue weighted by Crippen LogP contribution is 2.34. The zero-order chi connectivity index (χ0) is 14.7. The lowest BCUT2D eigenvalue weighted by atomic mass is 9.85. The second-order valence-electron chi connectivity index (χ2n) is 6.00. The van der Waals surface area contributed by atoms with Crippen LogP contribution < -0.4 is 14.8 Å². The van der Waals surface area contributed by atoms with Crippen LogP contribution in [0.4, 0.5) is 0 Å². The van der Waals surface area contributed by atoms with E-state index in [1.807, 2.05) is 12.1 Å². The molecular weight excluding hydrogens is 266 g/mol. The van der Waals surface area contributed by atoms with E-state index in [0.29, 0.717) is 12.0 Å². The number of methoxy groups -OCH3 is 2.